The topological polar surface area (TPSA) is 93.9 Å². The fraction of sp³-hybridized carbons (Fsp3) is 0.211. The van der Waals surface area contributed by atoms with E-state index < -0.39 is 55.8 Å². The van der Waals surface area contributed by atoms with E-state index in [-0.39, 0.29) is 41.0 Å². The van der Waals surface area contributed by atoms with Gasteiger partial charge in [0.05, 0.1) is 32.4 Å². The fourth-order valence-electron chi connectivity index (χ4n) is 2.95. The van der Waals surface area contributed by atoms with Crippen molar-refractivity contribution in [2.45, 2.75) is 30.6 Å². The summed E-state index contributed by atoms with van der Waals surface area (Å²) < 4.78 is 119. The standard InChI is InChI=1S/C19H12ClF7N4O3S/c1-2-14-16(28-30-31(14)15-4-3-11(21)8-13(15)20)17(32)29-35(33,34)12-6-9(18(22,23)24)5-10(7-12)19(25,26)27/h3-8H,2H2,1H3,(H,29,32). The lowest BCUT2D eigenvalue weighted by atomic mass is 10.1. The Kier molecular flexibility index (Phi) is 6.87. The second-order valence-electron chi connectivity index (χ2n) is 6.92. The maximum atomic E-state index is 13.3. The van der Waals surface area contributed by atoms with Crippen LogP contribution in [0.3, 0.4) is 0 Å². The summed E-state index contributed by atoms with van der Waals surface area (Å²) >= 11 is 5.96. The third kappa shape index (κ3) is 5.56. The first kappa shape index (κ1) is 26.4. The Morgan fingerprint density at radius 2 is 1.60 bits per heavy atom. The smallest absolute Gasteiger partial charge is 0.266 e. The van der Waals surface area contributed by atoms with Gasteiger partial charge in [-0.05, 0) is 42.8 Å². The minimum atomic E-state index is -5.30. The average molecular weight is 545 g/mol. The van der Waals surface area contributed by atoms with Crippen LogP contribution in [0.1, 0.15) is 34.2 Å². The van der Waals surface area contributed by atoms with Crippen molar-refractivity contribution >= 4 is 27.5 Å². The SMILES string of the molecule is CCc1c(C(=O)NS(=O)(=O)c2cc(C(F)(F)F)cc(C(F)(F)F)c2)nnn1-c1ccc(F)cc1Cl. The molecule has 16 heteroatoms. The number of nitrogens with one attached hydrogen (secondary N) is 1. The van der Waals surface area contributed by atoms with Crippen molar-refractivity contribution in [3.8, 4) is 5.69 Å². The van der Waals surface area contributed by atoms with Crippen LogP contribution in [0, 0.1) is 5.82 Å². The number of amides is 1. The van der Waals surface area contributed by atoms with E-state index in [0.29, 0.717) is 0 Å². The lowest BCUT2D eigenvalue weighted by Crippen LogP contribution is -2.32. The summed E-state index contributed by atoms with van der Waals surface area (Å²) in [5.41, 5.74) is -4.31. The third-order valence-corrected chi connectivity index (χ3v) is 6.16. The van der Waals surface area contributed by atoms with Crippen molar-refractivity contribution in [1.82, 2.24) is 19.7 Å². The van der Waals surface area contributed by atoms with E-state index in [1.54, 1.807) is 0 Å². The number of carbonyl (C=O) groups excluding carboxylic acids is 1. The van der Waals surface area contributed by atoms with Crippen LogP contribution in [-0.4, -0.2) is 29.3 Å². The summed E-state index contributed by atoms with van der Waals surface area (Å²) in [6.07, 6.45) is -10.6. The monoisotopic (exact) mass is 544 g/mol. The number of hydrogen-bond donors (Lipinski definition) is 1. The number of carbonyl (C=O) groups is 1. The zero-order valence-electron chi connectivity index (χ0n) is 17.2. The average Bonchev–Trinajstić information content (AvgIpc) is 3.16. The molecule has 7 nitrogen and oxygen atoms in total. The Balaban J connectivity index is 2.03. The molecule has 3 aromatic rings. The molecule has 1 N–H and O–H groups in total. The minimum absolute atomic E-state index is 0.00525. The molecule has 0 spiro atoms. The summed E-state index contributed by atoms with van der Waals surface area (Å²) in [5.74, 6) is -2.16. The van der Waals surface area contributed by atoms with Crippen LogP contribution in [0.2, 0.25) is 5.02 Å². The van der Waals surface area contributed by atoms with E-state index in [2.05, 4.69) is 10.3 Å². The quantitative estimate of drug-likeness (QED) is 0.467. The number of nitrogens with zero attached hydrogens (tertiary/aromatic N) is 3. The Hall–Kier alpha value is -3.20. The van der Waals surface area contributed by atoms with Gasteiger partial charge in [0.25, 0.3) is 15.9 Å². The van der Waals surface area contributed by atoms with Gasteiger partial charge < -0.3 is 0 Å². The molecule has 0 atom stereocenters. The molecule has 0 radical (unpaired) electrons. The van der Waals surface area contributed by atoms with Gasteiger partial charge in [-0.15, -0.1) is 5.10 Å². The van der Waals surface area contributed by atoms with Crippen LogP contribution in [0.4, 0.5) is 30.7 Å². The van der Waals surface area contributed by atoms with E-state index in [1.165, 1.54) is 17.7 Å². The molecule has 0 aliphatic rings. The molecule has 1 amide bonds. The highest BCUT2D eigenvalue weighted by atomic mass is 35.5. The van der Waals surface area contributed by atoms with Crippen molar-refractivity contribution in [3.63, 3.8) is 0 Å². The van der Waals surface area contributed by atoms with Crippen molar-refractivity contribution in [1.29, 1.82) is 0 Å². The van der Waals surface area contributed by atoms with Gasteiger partial charge in [-0.2, -0.15) is 26.3 Å². The molecular formula is C19H12ClF7N4O3S. The molecule has 3 rings (SSSR count). The van der Waals surface area contributed by atoms with Gasteiger partial charge in [0.15, 0.2) is 5.69 Å². The van der Waals surface area contributed by atoms with Crippen molar-refractivity contribution < 1.29 is 43.9 Å². The lowest BCUT2D eigenvalue weighted by molar-refractivity contribution is -0.143. The lowest BCUT2D eigenvalue weighted by Gasteiger charge is -2.14. The first-order valence-electron chi connectivity index (χ1n) is 9.31. The van der Waals surface area contributed by atoms with Crippen molar-refractivity contribution in [2.24, 2.45) is 0 Å². The maximum absolute atomic E-state index is 13.3. The molecule has 1 aromatic heterocycles. The highest BCUT2D eigenvalue weighted by Crippen LogP contribution is 2.37. The number of benzene rings is 2. The van der Waals surface area contributed by atoms with Gasteiger partial charge in [-0.3, -0.25) is 4.79 Å². The zero-order valence-corrected chi connectivity index (χ0v) is 18.7. The number of halogens is 8. The highest BCUT2D eigenvalue weighted by Gasteiger charge is 2.38. The second kappa shape index (κ2) is 9.11. The second-order valence-corrected chi connectivity index (χ2v) is 9.01. The van der Waals surface area contributed by atoms with Crippen LogP contribution < -0.4 is 4.72 Å². The molecule has 0 aliphatic carbocycles. The Bertz CT molecular complexity index is 1370. The number of aromatic nitrogens is 3. The summed E-state index contributed by atoms with van der Waals surface area (Å²) in [5, 5.41) is 7.08. The molecule has 0 unspecified atom stereocenters. The van der Waals surface area contributed by atoms with Crippen LogP contribution in [0.15, 0.2) is 41.3 Å². The summed E-state index contributed by atoms with van der Waals surface area (Å²) in [6.45, 7) is 1.51. The van der Waals surface area contributed by atoms with Crippen molar-refractivity contribution in [3.05, 3.63) is 69.8 Å². The largest absolute Gasteiger partial charge is 0.416 e. The van der Waals surface area contributed by atoms with Crippen molar-refractivity contribution in [2.75, 3.05) is 0 Å². The van der Waals surface area contributed by atoms with E-state index in [9.17, 15) is 43.9 Å². The first-order valence-corrected chi connectivity index (χ1v) is 11.2. The predicted molar refractivity (Wildman–Crippen MR) is 107 cm³/mol. The van der Waals surface area contributed by atoms with E-state index >= 15 is 0 Å². The van der Waals surface area contributed by atoms with E-state index in [1.807, 2.05) is 0 Å². The van der Waals surface area contributed by atoms with Gasteiger partial charge in [0.2, 0.25) is 0 Å². The highest BCUT2D eigenvalue weighted by molar-refractivity contribution is 7.90. The molecule has 0 bridgehead atoms. The molecule has 35 heavy (non-hydrogen) atoms. The van der Waals surface area contributed by atoms with Crippen LogP contribution >= 0.6 is 11.6 Å². The summed E-state index contributed by atoms with van der Waals surface area (Å²) in [4.78, 5) is 11.2. The van der Waals surface area contributed by atoms with Crippen LogP contribution in [0.25, 0.3) is 5.69 Å². The summed E-state index contributed by atoms with van der Waals surface area (Å²) in [7, 11) is -5.22. The Labute approximate surface area is 197 Å². The van der Waals surface area contributed by atoms with Gasteiger partial charge in [0.1, 0.15) is 5.82 Å². The van der Waals surface area contributed by atoms with Gasteiger partial charge >= 0.3 is 12.4 Å². The predicted octanol–water partition coefficient (Wildman–Crippen LogP) is 4.78. The van der Waals surface area contributed by atoms with Crippen LogP contribution in [0.5, 0.6) is 0 Å². The fourth-order valence-corrected chi connectivity index (χ4v) is 4.22. The molecule has 0 saturated carbocycles. The zero-order chi connectivity index (χ0) is 26.3. The number of alkyl halides is 6. The molecule has 1 heterocycles. The van der Waals surface area contributed by atoms with E-state index in [0.717, 1.165) is 16.8 Å². The van der Waals surface area contributed by atoms with Gasteiger partial charge in [-0.1, -0.05) is 23.7 Å². The molecule has 0 aliphatic heterocycles. The Morgan fingerprint density at radius 1 is 1.03 bits per heavy atom. The normalized spacial score (nSPS) is 12.6. The van der Waals surface area contributed by atoms with Gasteiger partial charge in [-0.25, -0.2) is 22.2 Å². The molecule has 0 saturated heterocycles. The number of sulfonamides is 1. The van der Waals surface area contributed by atoms with Crippen LogP contribution in [-0.2, 0) is 28.8 Å². The number of rotatable bonds is 5. The summed E-state index contributed by atoms with van der Waals surface area (Å²) in [6, 6.07) is 2.83. The molecule has 0 fully saturated rings. The maximum Gasteiger partial charge on any atom is 0.416 e. The Morgan fingerprint density at radius 3 is 2.09 bits per heavy atom. The molecular weight excluding hydrogens is 533 g/mol. The molecule has 188 valence electrons. The van der Waals surface area contributed by atoms with E-state index in [4.69, 9.17) is 11.6 Å². The van der Waals surface area contributed by atoms with Gasteiger partial charge in [0, 0.05) is 0 Å². The minimum Gasteiger partial charge on any atom is -0.266 e. The molecule has 2 aromatic carbocycles. The third-order valence-electron chi connectivity index (χ3n) is 4.55. The number of hydrogen-bond acceptors (Lipinski definition) is 5. The first-order chi connectivity index (χ1) is 16.0.